The lowest BCUT2D eigenvalue weighted by Gasteiger charge is -2.35. The van der Waals surface area contributed by atoms with Crippen molar-refractivity contribution in [2.75, 3.05) is 26.2 Å². The van der Waals surface area contributed by atoms with Gasteiger partial charge in [0.25, 0.3) is 0 Å². The van der Waals surface area contributed by atoms with Gasteiger partial charge in [-0.25, -0.2) is 0 Å². The van der Waals surface area contributed by atoms with Gasteiger partial charge in [-0.3, -0.25) is 4.90 Å². The van der Waals surface area contributed by atoms with Crippen LogP contribution < -0.4 is 5.32 Å². The van der Waals surface area contributed by atoms with Crippen molar-refractivity contribution in [3.63, 3.8) is 0 Å². The topological polar surface area (TPSA) is 15.3 Å². The minimum Gasteiger partial charge on any atom is -0.314 e. The fraction of sp³-hybridized carbons (Fsp3) is 0.317. The molecule has 0 unspecified atom stereocenters. The number of piperazine rings is 1. The van der Waals surface area contributed by atoms with Crippen LogP contribution in [0.4, 0.5) is 0 Å². The van der Waals surface area contributed by atoms with E-state index in [4.69, 9.17) is 0 Å². The molecule has 5 rings (SSSR count). The SMILES string of the molecule is C=CC=C(c1ccccc1)c1ccccc1.CC.CC.CC.CC.c1ccc(C(c2ccccc2)N2CCNCC2)cc1. The van der Waals surface area contributed by atoms with Crippen LogP contribution in [0.15, 0.2) is 140 Å². The summed E-state index contributed by atoms with van der Waals surface area (Å²) in [4.78, 5) is 2.57. The molecule has 1 saturated heterocycles. The molecular weight excluding hydrogens is 520 g/mol. The summed E-state index contributed by atoms with van der Waals surface area (Å²) in [5, 5.41) is 3.43. The number of rotatable bonds is 6. The Balaban J connectivity index is 0.000000673. The van der Waals surface area contributed by atoms with E-state index in [9.17, 15) is 0 Å². The summed E-state index contributed by atoms with van der Waals surface area (Å²) in [7, 11) is 0. The number of hydrogen-bond acceptors (Lipinski definition) is 2. The van der Waals surface area contributed by atoms with Crippen molar-refractivity contribution in [1.82, 2.24) is 10.2 Å². The second-order valence-electron chi connectivity index (χ2n) is 8.56. The fourth-order valence-electron chi connectivity index (χ4n) is 4.54. The monoisotopic (exact) mass is 578 g/mol. The van der Waals surface area contributed by atoms with Crippen LogP contribution in [0.25, 0.3) is 5.57 Å². The van der Waals surface area contributed by atoms with Gasteiger partial charge in [0.1, 0.15) is 0 Å². The first-order chi connectivity index (χ1) is 21.4. The smallest absolute Gasteiger partial charge is 0.0602 e. The second kappa shape index (κ2) is 27.1. The summed E-state index contributed by atoms with van der Waals surface area (Å²) in [5.74, 6) is 0. The van der Waals surface area contributed by atoms with Crippen molar-refractivity contribution in [1.29, 1.82) is 0 Å². The normalized spacial score (nSPS) is 11.5. The minimum atomic E-state index is 0.379. The van der Waals surface area contributed by atoms with Crippen molar-refractivity contribution < 1.29 is 0 Å². The number of hydrogen-bond donors (Lipinski definition) is 1. The van der Waals surface area contributed by atoms with E-state index in [1.807, 2.05) is 79.7 Å². The lowest BCUT2D eigenvalue weighted by molar-refractivity contribution is 0.198. The van der Waals surface area contributed by atoms with Crippen molar-refractivity contribution in [3.8, 4) is 0 Å². The third kappa shape index (κ3) is 14.3. The highest BCUT2D eigenvalue weighted by atomic mass is 15.2. The van der Waals surface area contributed by atoms with Gasteiger partial charge in [-0.2, -0.15) is 0 Å². The first kappa shape index (κ1) is 39.3. The zero-order valence-corrected chi connectivity index (χ0v) is 28.3. The van der Waals surface area contributed by atoms with E-state index in [0.717, 1.165) is 26.2 Å². The van der Waals surface area contributed by atoms with Gasteiger partial charge in [-0.05, 0) is 27.8 Å². The summed E-state index contributed by atoms with van der Waals surface area (Å²) in [6.45, 7) is 24.1. The highest BCUT2D eigenvalue weighted by Gasteiger charge is 2.23. The fourth-order valence-corrected chi connectivity index (χ4v) is 4.54. The Morgan fingerprint density at radius 2 is 0.884 bits per heavy atom. The largest absolute Gasteiger partial charge is 0.314 e. The maximum Gasteiger partial charge on any atom is 0.0602 e. The van der Waals surface area contributed by atoms with E-state index < -0.39 is 0 Å². The van der Waals surface area contributed by atoms with Crippen LogP contribution in [0.3, 0.4) is 0 Å². The van der Waals surface area contributed by atoms with Gasteiger partial charge < -0.3 is 5.32 Å². The predicted octanol–water partition coefficient (Wildman–Crippen LogP) is 11.1. The second-order valence-corrected chi connectivity index (χ2v) is 8.56. The third-order valence-electron chi connectivity index (χ3n) is 6.20. The molecule has 2 nitrogen and oxygen atoms in total. The Kier molecular flexibility index (Phi) is 24.8. The van der Waals surface area contributed by atoms with E-state index in [2.05, 4.69) is 126 Å². The molecule has 0 saturated carbocycles. The van der Waals surface area contributed by atoms with E-state index in [1.54, 1.807) is 0 Å². The summed E-state index contributed by atoms with van der Waals surface area (Å²) < 4.78 is 0. The molecule has 0 atom stereocenters. The van der Waals surface area contributed by atoms with Crippen LogP contribution in [0.5, 0.6) is 0 Å². The van der Waals surface area contributed by atoms with Gasteiger partial charge in [0, 0.05) is 26.2 Å². The van der Waals surface area contributed by atoms with Gasteiger partial charge in [0.05, 0.1) is 6.04 Å². The molecule has 1 N–H and O–H groups in total. The highest BCUT2D eigenvalue weighted by Crippen LogP contribution is 2.28. The van der Waals surface area contributed by atoms with Crippen LogP contribution >= 0.6 is 0 Å². The van der Waals surface area contributed by atoms with Crippen molar-refractivity contribution in [2.45, 2.75) is 61.4 Å². The Bertz CT molecular complexity index is 1080. The molecule has 1 aliphatic heterocycles. The van der Waals surface area contributed by atoms with Gasteiger partial charge in [0.15, 0.2) is 0 Å². The van der Waals surface area contributed by atoms with E-state index in [-0.39, 0.29) is 0 Å². The lowest BCUT2D eigenvalue weighted by atomic mass is 9.96. The molecule has 0 aromatic heterocycles. The molecule has 0 radical (unpaired) electrons. The maximum absolute atomic E-state index is 3.78. The number of nitrogens with zero attached hydrogens (tertiary/aromatic N) is 1. The summed E-state index contributed by atoms with van der Waals surface area (Å²) in [6, 6.07) is 42.7. The molecule has 0 spiro atoms. The van der Waals surface area contributed by atoms with Gasteiger partial charge >= 0.3 is 0 Å². The molecule has 1 fully saturated rings. The van der Waals surface area contributed by atoms with Crippen LogP contribution in [-0.4, -0.2) is 31.1 Å². The molecule has 2 heteroatoms. The Morgan fingerprint density at radius 1 is 0.558 bits per heavy atom. The first-order valence-corrected chi connectivity index (χ1v) is 16.3. The molecular formula is C41H58N2. The summed E-state index contributed by atoms with van der Waals surface area (Å²) in [6.07, 6.45) is 3.88. The standard InChI is InChI=1S/C17H20N2.C16H14.4C2H6/c1-3-7-15(8-4-1)17(16-9-5-2-6-10-16)19-13-11-18-12-14-19;1-2-9-16(14-10-5-3-6-11-14)15-12-7-4-8-13-15;4*1-2/h1-10,17-18H,11-14H2;2-13H,1H2;4*1-2H3. The molecule has 1 heterocycles. The Hall–Kier alpha value is -3.72. The van der Waals surface area contributed by atoms with Crippen LogP contribution in [0.1, 0.15) is 83.7 Å². The summed E-state index contributed by atoms with van der Waals surface area (Å²) in [5.41, 5.74) is 6.41. The maximum atomic E-state index is 3.78. The van der Waals surface area contributed by atoms with Crippen molar-refractivity contribution in [2.24, 2.45) is 0 Å². The molecule has 0 amide bonds. The summed E-state index contributed by atoms with van der Waals surface area (Å²) >= 11 is 0. The van der Waals surface area contributed by atoms with Gasteiger partial charge in [-0.1, -0.05) is 195 Å². The molecule has 0 bridgehead atoms. The average Bonchev–Trinajstić information content (AvgIpc) is 3.13. The zero-order chi connectivity index (χ0) is 32.1. The molecule has 1 aliphatic rings. The number of nitrogens with one attached hydrogen (secondary N) is 1. The number of benzene rings is 4. The Labute approximate surface area is 265 Å². The molecule has 4 aromatic carbocycles. The van der Waals surface area contributed by atoms with Crippen molar-refractivity contribution >= 4 is 5.57 Å². The number of allylic oxidation sites excluding steroid dienone is 2. The predicted molar refractivity (Wildman–Crippen MR) is 195 cm³/mol. The Morgan fingerprint density at radius 3 is 1.21 bits per heavy atom. The minimum absolute atomic E-state index is 0.379. The van der Waals surface area contributed by atoms with Crippen LogP contribution in [0.2, 0.25) is 0 Å². The van der Waals surface area contributed by atoms with Gasteiger partial charge in [0.2, 0.25) is 0 Å². The van der Waals surface area contributed by atoms with Crippen LogP contribution in [0, 0.1) is 0 Å². The first-order valence-electron chi connectivity index (χ1n) is 16.3. The van der Waals surface area contributed by atoms with E-state index >= 15 is 0 Å². The molecule has 4 aromatic rings. The van der Waals surface area contributed by atoms with Crippen molar-refractivity contribution in [3.05, 3.63) is 162 Å². The molecule has 0 aliphatic carbocycles. The molecule has 232 valence electrons. The van der Waals surface area contributed by atoms with Crippen LogP contribution in [-0.2, 0) is 0 Å². The third-order valence-corrected chi connectivity index (χ3v) is 6.20. The lowest BCUT2D eigenvalue weighted by Crippen LogP contribution is -2.45. The van der Waals surface area contributed by atoms with E-state index in [1.165, 1.54) is 27.8 Å². The van der Waals surface area contributed by atoms with Gasteiger partial charge in [-0.15, -0.1) is 0 Å². The zero-order valence-electron chi connectivity index (χ0n) is 28.3. The highest BCUT2D eigenvalue weighted by molar-refractivity contribution is 5.80. The average molecular weight is 579 g/mol. The quantitative estimate of drug-likeness (QED) is 0.229. The molecule has 43 heavy (non-hydrogen) atoms. The van der Waals surface area contributed by atoms with E-state index in [0.29, 0.717) is 6.04 Å².